The van der Waals surface area contributed by atoms with E-state index in [1.807, 2.05) is 13.8 Å². The summed E-state index contributed by atoms with van der Waals surface area (Å²) in [6.45, 7) is 5.53. The number of nitrogens with two attached hydrogens (primary N) is 1. The summed E-state index contributed by atoms with van der Waals surface area (Å²) in [5, 5.41) is 2.91. The lowest BCUT2D eigenvalue weighted by molar-refractivity contribution is -0.134. The van der Waals surface area contributed by atoms with E-state index in [1.165, 1.54) is 0 Å². The molecule has 1 fully saturated rings. The standard InChI is InChI=1S/C9H18N2O2/c1-3-9(2,6-10)8(12)11-7-4-13-5-7/h7H,3-6,10H2,1-2H3,(H,11,12). The van der Waals surface area contributed by atoms with Crippen molar-refractivity contribution in [2.45, 2.75) is 26.3 Å². The van der Waals surface area contributed by atoms with Gasteiger partial charge in [0.05, 0.1) is 24.7 Å². The molecule has 1 aliphatic rings. The number of nitrogens with one attached hydrogen (secondary N) is 1. The van der Waals surface area contributed by atoms with Crippen LogP contribution in [-0.2, 0) is 9.53 Å². The number of amides is 1. The maximum absolute atomic E-state index is 11.7. The largest absolute Gasteiger partial charge is 0.377 e. The van der Waals surface area contributed by atoms with Crippen LogP contribution in [0.2, 0.25) is 0 Å². The Morgan fingerprint density at radius 1 is 1.69 bits per heavy atom. The zero-order valence-electron chi connectivity index (χ0n) is 8.30. The first kappa shape index (κ1) is 10.5. The van der Waals surface area contributed by atoms with Crippen LogP contribution in [0.1, 0.15) is 20.3 Å². The summed E-state index contributed by atoms with van der Waals surface area (Å²) < 4.78 is 4.97. The van der Waals surface area contributed by atoms with E-state index in [1.54, 1.807) is 0 Å². The Morgan fingerprint density at radius 3 is 2.62 bits per heavy atom. The van der Waals surface area contributed by atoms with Gasteiger partial charge >= 0.3 is 0 Å². The maximum Gasteiger partial charge on any atom is 0.227 e. The van der Waals surface area contributed by atoms with Crippen molar-refractivity contribution in [1.82, 2.24) is 5.32 Å². The van der Waals surface area contributed by atoms with E-state index in [9.17, 15) is 4.79 Å². The molecule has 76 valence electrons. The van der Waals surface area contributed by atoms with Gasteiger partial charge in [-0.3, -0.25) is 4.79 Å². The zero-order chi connectivity index (χ0) is 9.90. The third-order valence-corrected chi connectivity index (χ3v) is 2.75. The molecule has 0 radical (unpaired) electrons. The first-order valence-corrected chi connectivity index (χ1v) is 4.71. The Morgan fingerprint density at radius 2 is 2.31 bits per heavy atom. The van der Waals surface area contributed by atoms with Crippen LogP contribution >= 0.6 is 0 Å². The van der Waals surface area contributed by atoms with E-state index < -0.39 is 5.41 Å². The second kappa shape index (κ2) is 4.07. The maximum atomic E-state index is 11.7. The molecular formula is C9H18N2O2. The molecule has 0 aromatic rings. The number of rotatable bonds is 4. The molecule has 1 heterocycles. The Kier molecular flexibility index (Phi) is 3.27. The van der Waals surface area contributed by atoms with E-state index in [0.29, 0.717) is 19.8 Å². The predicted octanol–water partition coefficient (Wildman–Crippen LogP) is -0.124. The third-order valence-electron chi connectivity index (χ3n) is 2.75. The number of hydrogen-bond acceptors (Lipinski definition) is 3. The highest BCUT2D eigenvalue weighted by molar-refractivity contribution is 5.82. The molecule has 1 aliphatic heterocycles. The van der Waals surface area contributed by atoms with Crippen molar-refractivity contribution in [3.63, 3.8) is 0 Å². The van der Waals surface area contributed by atoms with Gasteiger partial charge in [-0.15, -0.1) is 0 Å². The molecule has 1 unspecified atom stereocenters. The van der Waals surface area contributed by atoms with Gasteiger partial charge in [-0.05, 0) is 13.3 Å². The third kappa shape index (κ3) is 2.19. The topological polar surface area (TPSA) is 64.4 Å². The smallest absolute Gasteiger partial charge is 0.227 e. The van der Waals surface area contributed by atoms with Crippen molar-refractivity contribution in [1.29, 1.82) is 0 Å². The minimum atomic E-state index is -0.421. The van der Waals surface area contributed by atoms with E-state index in [0.717, 1.165) is 6.42 Å². The van der Waals surface area contributed by atoms with Crippen molar-refractivity contribution in [2.24, 2.45) is 11.1 Å². The van der Waals surface area contributed by atoms with Gasteiger partial charge in [0.15, 0.2) is 0 Å². The van der Waals surface area contributed by atoms with Crippen LogP contribution in [-0.4, -0.2) is 31.7 Å². The van der Waals surface area contributed by atoms with Gasteiger partial charge in [0, 0.05) is 6.54 Å². The molecule has 1 saturated heterocycles. The van der Waals surface area contributed by atoms with Crippen molar-refractivity contribution in [2.75, 3.05) is 19.8 Å². The molecule has 1 rings (SSSR count). The molecule has 0 aromatic carbocycles. The molecule has 3 N–H and O–H groups in total. The highest BCUT2D eigenvalue weighted by Gasteiger charge is 2.32. The van der Waals surface area contributed by atoms with E-state index in [2.05, 4.69) is 5.32 Å². The van der Waals surface area contributed by atoms with E-state index >= 15 is 0 Å². The molecular weight excluding hydrogens is 168 g/mol. The first-order chi connectivity index (χ1) is 6.12. The summed E-state index contributed by atoms with van der Waals surface area (Å²) in [6, 6.07) is 0.199. The van der Waals surface area contributed by atoms with Gasteiger partial charge in [-0.25, -0.2) is 0 Å². The molecule has 0 aromatic heterocycles. The van der Waals surface area contributed by atoms with Crippen LogP contribution in [0.25, 0.3) is 0 Å². The van der Waals surface area contributed by atoms with Crippen LogP contribution in [0.5, 0.6) is 0 Å². The normalized spacial score (nSPS) is 21.8. The quantitative estimate of drug-likeness (QED) is 0.643. The van der Waals surface area contributed by atoms with Crippen molar-refractivity contribution >= 4 is 5.91 Å². The monoisotopic (exact) mass is 186 g/mol. The lowest BCUT2D eigenvalue weighted by atomic mass is 9.86. The van der Waals surface area contributed by atoms with Gasteiger partial charge in [0.25, 0.3) is 0 Å². The van der Waals surface area contributed by atoms with Crippen molar-refractivity contribution in [3.05, 3.63) is 0 Å². The average Bonchev–Trinajstić information content (AvgIpc) is 2.09. The number of carbonyl (C=O) groups is 1. The van der Waals surface area contributed by atoms with Crippen LogP contribution in [0.15, 0.2) is 0 Å². The van der Waals surface area contributed by atoms with Crippen LogP contribution < -0.4 is 11.1 Å². The lowest BCUT2D eigenvalue weighted by Crippen LogP contribution is -2.54. The second-order valence-corrected chi connectivity index (χ2v) is 3.83. The molecule has 0 saturated carbocycles. The van der Waals surface area contributed by atoms with E-state index in [4.69, 9.17) is 10.5 Å². The van der Waals surface area contributed by atoms with Crippen LogP contribution in [0, 0.1) is 5.41 Å². The van der Waals surface area contributed by atoms with Gasteiger partial charge < -0.3 is 15.8 Å². The van der Waals surface area contributed by atoms with E-state index in [-0.39, 0.29) is 11.9 Å². The summed E-state index contributed by atoms with van der Waals surface area (Å²) in [5.74, 6) is 0.0470. The summed E-state index contributed by atoms with van der Waals surface area (Å²) in [5.41, 5.74) is 5.14. The lowest BCUT2D eigenvalue weighted by Gasteiger charge is -2.32. The Bertz CT molecular complexity index is 186. The SMILES string of the molecule is CCC(C)(CN)C(=O)NC1COC1. The van der Waals surface area contributed by atoms with Gasteiger partial charge in [-0.1, -0.05) is 6.92 Å². The molecule has 4 nitrogen and oxygen atoms in total. The fourth-order valence-electron chi connectivity index (χ4n) is 1.08. The number of carbonyl (C=O) groups excluding carboxylic acids is 1. The summed E-state index contributed by atoms with van der Waals surface area (Å²) >= 11 is 0. The minimum absolute atomic E-state index is 0.0470. The van der Waals surface area contributed by atoms with Crippen LogP contribution in [0.3, 0.4) is 0 Å². The second-order valence-electron chi connectivity index (χ2n) is 3.83. The molecule has 0 aliphatic carbocycles. The average molecular weight is 186 g/mol. The fraction of sp³-hybridized carbons (Fsp3) is 0.889. The Labute approximate surface area is 78.8 Å². The molecule has 13 heavy (non-hydrogen) atoms. The molecule has 1 amide bonds. The fourth-order valence-corrected chi connectivity index (χ4v) is 1.08. The van der Waals surface area contributed by atoms with Gasteiger partial charge in [-0.2, -0.15) is 0 Å². The predicted molar refractivity (Wildman–Crippen MR) is 50.2 cm³/mol. The summed E-state index contributed by atoms with van der Waals surface area (Å²) in [7, 11) is 0. The molecule has 1 atom stereocenters. The highest BCUT2D eigenvalue weighted by atomic mass is 16.5. The molecule has 0 bridgehead atoms. The Hall–Kier alpha value is -0.610. The summed E-state index contributed by atoms with van der Waals surface area (Å²) in [6.07, 6.45) is 0.767. The summed E-state index contributed by atoms with van der Waals surface area (Å²) in [4.78, 5) is 11.7. The minimum Gasteiger partial charge on any atom is -0.377 e. The first-order valence-electron chi connectivity index (χ1n) is 4.71. The molecule has 0 spiro atoms. The van der Waals surface area contributed by atoms with Gasteiger partial charge in [0.1, 0.15) is 0 Å². The number of hydrogen-bond donors (Lipinski definition) is 2. The van der Waals surface area contributed by atoms with Crippen molar-refractivity contribution < 1.29 is 9.53 Å². The van der Waals surface area contributed by atoms with Gasteiger partial charge in [0.2, 0.25) is 5.91 Å². The van der Waals surface area contributed by atoms with Crippen molar-refractivity contribution in [3.8, 4) is 0 Å². The zero-order valence-corrected chi connectivity index (χ0v) is 8.30. The Balaban J connectivity index is 2.43. The van der Waals surface area contributed by atoms with Crippen LogP contribution in [0.4, 0.5) is 0 Å². The molecule has 4 heteroatoms. The highest BCUT2D eigenvalue weighted by Crippen LogP contribution is 2.19. The number of ether oxygens (including phenoxy) is 1.